The number of halogens is 1. The average molecular weight is 252 g/mol. The Bertz CT molecular complexity index is 403. The SMILES string of the molecule is CC(N)c1cccc(F)c1N(C)CC1CCCO1. The quantitative estimate of drug-likeness (QED) is 0.894. The van der Waals surface area contributed by atoms with Crippen LogP contribution in [0.15, 0.2) is 18.2 Å². The number of anilines is 1. The van der Waals surface area contributed by atoms with Gasteiger partial charge in [0.25, 0.3) is 0 Å². The van der Waals surface area contributed by atoms with Gasteiger partial charge in [-0.1, -0.05) is 12.1 Å². The van der Waals surface area contributed by atoms with Gasteiger partial charge in [-0.15, -0.1) is 0 Å². The molecule has 0 saturated carbocycles. The van der Waals surface area contributed by atoms with Gasteiger partial charge in [0.15, 0.2) is 0 Å². The number of ether oxygens (including phenoxy) is 1. The van der Waals surface area contributed by atoms with Crippen molar-refractivity contribution in [2.45, 2.75) is 31.9 Å². The Morgan fingerprint density at radius 2 is 2.33 bits per heavy atom. The molecule has 1 saturated heterocycles. The fraction of sp³-hybridized carbons (Fsp3) is 0.571. The molecule has 0 amide bonds. The number of likely N-dealkylation sites (N-methyl/N-ethyl adjacent to an activating group) is 1. The summed E-state index contributed by atoms with van der Waals surface area (Å²) in [5.74, 6) is -0.217. The zero-order valence-corrected chi connectivity index (χ0v) is 11.0. The number of hydrogen-bond acceptors (Lipinski definition) is 3. The van der Waals surface area contributed by atoms with Crippen LogP contribution in [0.1, 0.15) is 31.4 Å². The smallest absolute Gasteiger partial charge is 0.146 e. The van der Waals surface area contributed by atoms with Crippen LogP contribution in [-0.2, 0) is 4.74 Å². The Morgan fingerprint density at radius 3 is 2.94 bits per heavy atom. The standard InChI is InChI=1S/C14H21FN2O/c1-10(16)12-6-3-7-13(15)14(12)17(2)9-11-5-4-8-18-11/h3,6-7,10-11H,4-5,8-9,16H2,1-2H3. The third kappa shape index (κ3) is 2.82. The summed E-state index contributed by atoms with van der Waals surface area (Å²) in [4.78, 5) is 1.92. The van der Waals surface area contributed by atoms with Gasteiger partial charge < -0.3 is 15.4 Å². The molecular formula is C14H21FN2O. The lowest BCUT2D eigenvalue weighted by atomic mass is 10.1. The molecule has 1 aliphatic heterocycles. The third-order valence-corrected chi connectivity index (χ3v) is 3.39. The van der Waals surface area contributed by atoms with Crippen LogP contribution in [0.4, 0.5) is 10.1 Å². The number of nitrogens with zero attached hydrogens (tertiary/aromatic N) is 1. The van der Waals surface area contributed by atoms with Crippen molar-refractivity contribution in [2.24, 2.45) is 5.73 Å². The van der Waals surface area contributed by atoms with Crippen LogP contribution in [0, 0.1) is 5.82 Å². The van der Waals surface area contributed by atoms with E-state index in [4.69, 9.17) is 10.5 Å². The maximum absolute atomic E-state index is 14.0. The molecule has 1 aromatic carbocycles. The first-order valence-electron chi connectivity index (χ1n) is 6.46. The Kier molecular flexibility index (Phi) is 4.19. The van der Waals surface area contributed by atoms with Gasteiger partial charge in [0.1, 0.15) is 5.82 Å². The zero-order valence-electron chi connectivity index (χ0n) is 11.0. The summed E-state index contributed by atoms with van der Waals surface area (Å²) < 4.78 is 19.6. The second-order valence-electron chi connectivity index (χ2n) is 4.98. The lowest BCUT2D eigenvalue weighted by Crippen LogP contribution is -2.30. The fourth-order valence-corrected chi connectivity index (χ4v) is 2.49. The van der Waals surface area contributed by atoms with E-state index in [0.29, 0.717) is 12.2 Å². The third-order valence-electron chi connectivity index (χ3n) is 3.39. The molecule has 18 heavy (non-hydrogen) atoms. The van der Waals surface area contributed by atoms with Crippen molar-refractivity contribution in [3.8, 4) is 0 Å². The van der Waals surface area contributed by atoms with Crippen LogP contribution in [0.25, 0.3) is 0 Å². The minimum Gasteiger partial charge on any atom is -0.376 e. The van der Waals surface area contributed by atoms with Crippen molar-refractivity contribution in [3.05, 3.63) is 29.6 Å². The molecule has 100 valence electrons. The first-order chi connectivity index (χ1) is 8.59. The summed E-state index contributed by atoms with van der Waals surface area (Å²) in [5, 5.41) is 0. The topological polar surface area (TPSA) is 38.5 Å². The number of hydrogen-bond donors (Lipinski definition) is 1. The first-order valence-corrected chi connectivity index (χ1v) is 6.46. The number of nitrogens with two attached hydrogens (primary N) is 1. The van der Waals surface area contributed by atoms with Crippen LogP contribution in [-0.4, -0.2) is 26.3 Å². The predicted molar refractivity (Wildman–Crippen MR) is 71.2 cm³/mol. The van der Waals surface area contributed by atoms with E-state index in [1.807, 2.05) is 24.9 Å². The van der Waals surface area contributed by atoms with E-state index in [1.165, 1.54) is 6.07 Å². The van der Waals surface area contributed by atoms with Gasteiger partial charge in [0, 0.05) is 26.2 Å². The van der Waals surface area contributed by atoms with E-state index >= 15 is 0 Å². The van der Waals surface area contributed by atoms with Gasteiger partial charge in [-0.25, -0.2) is 4.39 Å². The molecule has 0 bridgehead atoms. The van der Waals surface area contributed by atoms with Gasteiger partial charge in [0.05, 0.1) is 11.8 Å². The van der Waals surface area contributed by atoms with Crippen LogP contribution in [0.5, 0.6) is 0 Å². The molecule has 4 heteroatoms. The van der Waals surface area contributed by atoms with Crippen molar-refractivity contribution in [3.63, 3.8) is 0 Å². The number of para-hydroxylation sites is 1. The largest absolute Gasteiger partial charge is 0.376 e. The monoisotopic (exact) mass is 252 g/mol. The lowest BCUT2D eigenvalue weighted by molar-refractivity contribution is 0.116. The number of benzene rings is 1. The molecule has 0 radical (unpaired) electrons. The van der Waals surface area contributed by atoms with Gasteiger partial charge in [-0.2, -0.15) is 0 Å². The van der Waals surface area contributed by atoms with E-state index in [0.717, 1.165) is 25.0 Å². The Labute approximate surface area is 108 Å². The van der Waals surface area contributed by atoms with Crippen LogP contribution in [0.2, 0.25) is 0 Å². The molecule has 0 aliphatic carbocycles. The molecular weight excluding hydrogens is 231 g/mol. The fourth-order valence-electron chi connectivity index (χ4n) is 2.49. The molecule has 0 aromatic heterocycles. The Hall–Kier alpha value is -1.13. The van der Waals surface area contributed by atoms with E-state index in [2.05, 4.69) is 0 Å². The van der Waals surface area contributed by atoms with Gasteiger partial charge in [-0.3, -0.25) is 0 Å². The second kappa shape index (κ2) is 5.67. The van der Waals surface area contributed by atoms with E-state index < -0.39 is 0 Å². The normalized spacial score (nSPS) is 21.0. The highest BCUT2D eigenvalue weighted by molar-refractivity contribution is 5.55. The minimum absolute atomic E-state index is 0.178. The highest BCUT2D eigenvalue weighted by Gasteiger charge is 2.21. The molecule has 1 aliphatic rings. The summed E-state index contributed by atoms with van der Waals surface area (Å²) in [6.07, 6.45) is 2.35. The molecule has 0 spiro atoms. The van der Waals surface area contributed by atoms with Crippen LogP contribution in [0.3, 0.4) is 0 Å². The van der Waals surface area contributed by atoms with Gasteiger partial charge >= 0.3 is 0 Å². The van der Waals surface area contributed by atoms with Crippen LogP contribution >= 0.6 is 0 Å². The molecule has 2 N–H and O–H groups in total. The molecule has 1 aromatic rings. The molecule has 2 atom stereocenters. The van der Waals surface area contributed by atoms with Crippen molar-refractivity contribution in [1.29, 1.82) is 0 Å². The zero-order chi connectivity index (χ0) is 13.1. The average Bonchev–Trinajstić information content (AvgIpc) is 2.81. The summed E-state index contributed by atoms with van der Waals surface area (Å²) in [6, 6.07) is 4.89. The first kappa shape index (κ1) is 13.3. The Morgan fingerprint density at radius 1 is 1.56 bits per heavy atom. The maximum atomic E-state index is 14.0. The molecule has 3 nitrogen and oxygen atoms in total. The van der Waals surface area contributed by atoms with Crippen molar-refractivity contribution in [1.82, 2.24) is 0 Å². The summed E-state index contributed by atoms with van der Waals surface area (Å²) >= 11 is 0. The lowest BCUT2D eigenvalue weighted by Gasteiger charge is -2.26. The highest BCUT2D eigenvalue weighted by Crippen LogP contribution is 2.28. The van der Waals surface area contributed by atoms with E-state index in [-0.39, 0.29) is 18.0 Å². The molecule has 1 heterocycles. The van der Waals surface area contributed by atoms with E-state index in [1.54, 1.807) is 6.07 Å². The van der Waals surface area contributed by atoms with Crippen molar-refractivity contribution < 1.29 is 9.13 Å². The van der Waals surface area contributed by atoms with E-state index in [9.17, 15) is 4.39 Å². The van der Waals surface area contributed by atoms with Crippen molar-refractivity contribution >= 4 is 5.69 Å². The summed E-state index contributed by atoms with van der Waals surface area (Å²) in [6.45, 7) is 3.40. The second-order valence-corrected chi connectivity index (χ2v) is 4.98. The molecule has 2 unspecified atom stereocenters. The minimum atomic E-state index is -0.217. The summed E-state index contributed by atoms with van der Waals surface area (Å²) in [5.41, 5.74) is 7.35. The number of rotatable bonds is 4. The summed E-state index contributed by atoms with van der Waals surface area (Å²) in [7, 11) is 1.89. The highest BCUT2D eigenvalue weighted by atomic mass is 19.1. The van der Waals surface area contributed by atoms with Crippen molar-refractivity contribution in [2.75, 3.05) is 25.1 Å². The molecule has 1 fully saturated rings. The maximum Gasteiger partial charge on any atom is 0.146 e. The predicted octanol–water partition coefficient (Wildman–Crippen LogP) is 2.46. The Balaban J connectivity index is 2.19. The van der Waals surface area contributed by atoms with Gasteiger partial charge in [0.2, 0.25) is 0 Å². The van der Waals surface area contributed by atoms with Crippen LogP contribution < -0.4 is 10.6 Å². The van der Waals surface area contributed by atoms with Gasteiger partial charge in [-0.05, 0) is 31.4 Å². The molecule has 2 rings (SSSR count).